The van der Waals surface area contributed by atoms with E-state index in [1.54, 1.807) is 48.6 Å². The molecule has 0 aromatic heterocycles. The molecule has 10 atom stereocenters. The third-order valence-corrected chi connectivity index (χ3v) is 17.4. The molecule has 2 N–H and O–H groups in total. The molecule has 4 rings (SSSR count). The largest absolute Gasteiger partial charge is 0.480 e. The van der Waals surface area contributed by atoms with Crippen molar-refractivity contribution in [3.63, 3.8) is 0 Å². The van der Waals surface area contributed by atoms with Gasteiger partial charge in [-0.25, -0.2) is 9.18 Å². The molecule has 0 bridgehead atoms. The molecule has 2 aliphatic heterocycles. The standard InChI is InChI=1S/C56H88FN5O11S/c1-13-15-27-74-45-31-48(66)61(54(45)69)26-20-16-17-23-46(64)59(9)49(35(5)6)43(63)29-39(34(3)4)53(68)60(10)50(36(7)14-2)44(72-11)30-47(65)62-33-56(24-25-56)32-42(62)51(73-12)37(8)52(67)58-41(55(70)71)28-38-21-18-19-22-40(38)57/h18-19,21-22,34-37,39,41-42,44-45,49-51H,13-17,20,23-33H2,1-12H3,(H,58,67)(H,70,71)/t36-,37+,39-,41-,42-,44+,45?,49-,50-,51+/m0/s1. The predicted molar refractivity (Wildman–Crippen MR) is 283 cm³/mol. The van der Waals surface area contributed by atoms with Crippen LogP contribution in [-0.4, -0.2) is 161 Å². The van der Waals surface area contributed by atoms with E-state index in [2.05, 4.69) is 12.2 Å². The van der Waals surface area contributed by atoms with Crippen molar-refractivity contribution in [3.8, 4) is 0 Å². The van der Waals surface area contributed by atoms with E-state index in [0.717, 1.165) is 31.4 Å². The van der Waals surface area contributed by atoms with Gasteiger partial charge in [0.2, 0.25) is 35.4 Å². The van der Waals surface area contributed by atoms with E-state index >= 15 is 0 Å². The molecule has 6 amide bonds. The van der Waals surface area contributed by atoms with Gasteiger partial charge in [0.15, 0.2) is 5.78 Å². The second-order valence-electron chi connectivity index (χ2n) is 22.1. The molecule has 2 saturated heterocycles. The fraction of sp³-hybridized carbons (Fsp3) is 0.750. The fourth-order valence-electron chi connectivity index (χ4n) is 11.1. The highest BCUT2D eigenvalue weighted by Crippen LogP contribution is 2.56. The first-order chi connectivity index (χ1) is 35.0. The molecule has 74 heavy (non-hydrogen) atoms. The van der Waals surface area contributed by atoms with Gasteiger partial charge in [-0.2, -0.15) is 0 Å². The van der Waals surface area contributed by atoms with Crippen LogP contribution >= 0.6 is 11.8 Å². The number of thioether (sulfide) groups is 1. The number of carboxylic acid groups (broad SMARTS) is 1. The summed E-state index contributed by atoms with van der Waals surface area (Å²) in [5.41, 5.74) is 0.0197. The third-order valence-electron chi connectivity index (χ3n) is 16.1. The summed E-state index contributed by atoms with van der Waals surface area (Å²) >= 11 is 1.55. The molecule has 3 fully saturated rings. The lowest BCUT2D eigenvalue weighted by Gasteiger charge is -2.41. The van der Waals surface area contributed by atoms with Gasteiger partial charge < -0.3 is 34.6 Å². The SMILES string of the molecule is CCCCSC1CC(=O)N(CCCCCC(=O)N(C)[C@H](C(=O)C[C@H](C(=O)N(C)[C@@H]([C@@H](C)CC)[C@@H](CC(=O)N2CC3(CC3)C[C@H]2[C@H](OC)[C@@H](C)C(=O)N[C@@H](Cc2ccccc2F)C(=O)O)OC)C(C)C)C(C)C)C1=O. The van der Waals surface area contributed by atoms with Gasteiger partial charge in [-0.15, -0.1) is 11.8 Å². The van der Waals surface area contributed by atoms with Crippen LogP contribution in [-0.2, 0) is 54.3 Å². The van der Waals surface area contributed by atoms with Crippen LogP contribution in [0.5, 0.6) is 0 Å². The number of carbonyl (C=O) groups is 8. The maximum Gasteiger partial charge on any atom is 0.326 e. The molecule has 1 aliphatic carbocycles. The minimum absolute atomic E-state index is 0.0860. The van der Waals surface area contributed by atoms with Gasteiger partial charge in [-0.1, -0.05) is 92.9 Å². The molecular formula is C56H88FN5O11S. The number of carboxylic acids is 1. The number of Topliss-reactive ketones (excluding diaryl/α,β-unsaturated/α-hetero) is 1. The van der Waals surface area contributed by atoms with Crippen LogP contribution in [0.25, 0.3) is 0 Å². The summed E-state index contributed by atoms with van der Waals surface area (Å²) in [5.74, 6) is -5.08. The number of rotatable bonds is 32. The molecule has 2 heterocycles. The van der Waals surface area contributed by atoms with Crippen molar-refractivity contribution < 1.29 is 57.3 Å². The Morgan fingerprint density at radius 2 is 1.58 bits per heavy atom. The number of nitrogens with one attached hydrogen (secondary N) is 1. The summed E-state index contributed by atoms with van der Waals surface area (Å²) in [6, 6.07) is 2.54. The van der Waals surface area contributed by atoms with Crippen LogP contribution in [0.3, 0.4) is 0 Å². The summed E-state index contributed by atoms with van der Waals surface area (Å²) in [5, 5.41) is 12.3. The minimum Gasteiger partial charge on any atom is -0.480 e. The number of carbonyl (C=O) groups excluding carboxylic acids is 7. The van der Waals surface area contributed by atoms with E-state index in [-0.39, 0.29) is 101 Å². The normalized spacial score (nSPS) is 20.5. The number of nitrogens with zero attached hydrogens (tertiary/aromatic N) is 4. The van der Waals surface area contributed by atoms with E-state index in [9.17, 15) is 47.9 Å². The monoisotopic (exact) mass is 1060 g/mol. The van der Waals surface area contributed by atoms with E-state index in [1.165, 1.54) is 42.2 Å². The number of aliphatic carboxylic acids is 1. The molecule has 1 saturated carbocycles. The molecule has 1 aromatic carbocycles. The number of likely N-dealkylation sites (N-methyl/N-ethyl adjacent to an activating group) is 2. The van der Waals surface area contributed by atoms with Crippen molar-refractivity contribution in [3.05, 3.63) is 35.6 Å². The van der Waals surface area contributed by atoms with Crippen LogP contribution < -0.4 is 5.32 Å². The number of likely N-dealkylation sites (tertiary alicyclic amines) is 2. The number of methoxy groups -OCH3 is 2. The molecule has 1 spiro atoms. The first-order valence-electron chi connectivity index (χ1n) is 27.1. The second-order valence-corrected chi connectivity index (χ2v) is 23.4. The van der Waals surface area contributed by atoms with Gasteiger partial charge in [0, 0.05) is 73.0 Å². The van der Waals surface area contributed by atoms with Crippen molar-refractivity contribution in [2.75, 3.05) is 47.2 Å². The Balaban J connectivity index is 1.42. The van der Waals surface area contributed by atoms with Crippen LogP contribution in [0.15, 0.2) is 24.3 Å². The zero-order valence-corrected chi connectivity index (χ0v) is 47.2. The average Bonchev–Trinajstić information content (AvgIpc) is 3.93. The van der Waals surface area contributed by atoms with Crippen LogP contribution in [0.4, 0.5) is 4.39 Å². The molecule has 16 nitrogen and oxygen atoms in total. The number of ketones is 1. The lowest BCUT2D eigenvalue weighted by molar-refractivity contribution is -0.150. The molecule has 18 heteroatoms. The molecular weight excluding hydrogens is 970 g/mol. The Labute approximate surface area is 444 Å². The van der Waals surface area contributed by atoms with Crippen molar-refractivity contribution in [1.82, 2.24) is 24.9 Å². The number of hydrogen-bond acceptors (Lipinski definition) is 11. The van der Waals surface area contributed by atoms with Gasteiger partial charge in [0.25, 0.3) is 0 Å². The Morgan fingerprint density at radius 1 is 0.905 bits per heavy atom. The Bertz CT molecular complexity index is 2100. The first kappa shape index (κ1) is 62.1. The number of benzene rings is 1. The Kier molecular flexibility index (Phi) is 24.0. The van der Waals surface area contributed by atoms with Gasteiger partial charge in [0.1, 0.15) is 11.9 Å². The highest BCUT2D eigenvalue weighted by molar-refractivity contribution is 8.00. The summed E-state index contributed by atoms with van der Waals surface area (Å²) in [4.78, 5) is 115. The highest BCUT2D eigenvalue weighted by Gasteiger charge is 2.56. The molecule has 1 aromatic rings. The number of unbranched alkanes of at least 4 members (excludes halogenated alkanes) is 3. The smallest absolute Gasteiger partial charge is 0.326 e. The number of halogens is 1. The van der Waals surface area contributed by atoms with Gasteiger partial charge in [-0.3, -0.25) is 38.5 Å². The Morgan fingerprint density at radius 3 is 2.15 bits per heavy atom. The maximum atomic E-state index is 14.8. The van der Waals surface area contributed by atoms with Gasteiger partial charge in [-0.05, 0) is 79.1 Å². The van der Waals surface area contributed by atoms with E-state index in [1.807, 2.05) is 41.5 Å². The summed E-state index contributed by atoms with van der Waals surface area (Å²) in [7, 11) is 6.31. The van der Waals surface area contributed by atoms with Crippen molar-refractivity contribution in [2.24, 2.45) is 35.0 Å². The lowest BCUT2D eigenvalue weighted by atomic mass is 9.83. The fourth-order valence-corrected chi connectivity index (χ4v) is 12.4. The number of ether oxygens (including phenoxy) is 2. The third kappa shape index (κ3) is 16.1. The zero-order valence-electron chi connectivity index (χ0n) is 46.4. The summed E-state index contributed by atoms with van der Waals surface area (Å²) in [6.45, 7) is 16.1. The van der Waals surface area contributed by atoms with Crippen molar-refractivity contribution in [2.45, 2.75) is 187 Å². The Hall–Kier alpha value is -4.42. The van der Waals surface area contributed by atoms with E-state index in [4.69, 9.17) is 9.47 Å². The summed E-state index contributed by atoms with van der Waals surface area (Å²) in [6.07, 6.45) is 5.25. The zero-order chi connectivity index (χ0) is 55.2. The van der Waals surface area contributed by atoms with Crippen LogP contribution in [0.1, 0.15) is 144 Å². The number of amides is 6. The van der Waals surface area contributed by atoms with Crippen LogP contribution in [0, 0.1) is 40.8 Å². The summed E-state index contributed by atoms with van der Waals surface area (Å²) < 4.78 is 26.6. The van der Waals surface area contributed by atoms with Gasteiger partial charge >= 0.3 is 5.97 Å². The first-order valence-corrected chi connectivity index (χ1v) is 28.1. The van der Waals surface area contributed by atoms with E-state index < -0.39 is 65.9 Å². The molecule has 3 aliphatic rings. The van der Waals surface area contributed by atoms with Crippen LogP contribution in [0.2, 0.25) is 0 Å². The number of imide groups is 1. The molecule has 0 radical (unpaired) electrons. The predicted octanol–water partition coefficient (Wildman–Crippen LogP) is 7.18. The van der Waals surface area contributed by atoms with Gasteiger partial charge in [0.05, 0.1) is 47.9 Å². The number of hydrogen-bond donors (Lipinski definition) is 2. The highest BCUT2D eigenvalue weighted by atomic mass is 32.2. The average molecular weight is 1060 g/mol. The molecule has 416 valence electrons. The molecule has 1 unspecified atom stereocenters. The quantitative estimate of drug-likeness (QED) is 0.0545. The van der Waals surface area contributed by atoms with E-state index in [0.29, 0.717) is 45.2 Å². The second kappa shape index (κ2) is 28.6. The van der Waals surface area contributed by atoms with Crippen molar-refractivity contribution in [1.29, 1.82) is 0 Å². The lowest BCUT2D eigenvalue weighted by Crippen LogP contribution is -2.55. The minimum atomic E-state index is -1.40. The van der Waals surface area contributed by atoms with Crippen molar-refractivity contribution >= 4 is 59.0 Å². The topological polar surface area (TPSA) is 200 Å². The maximum absolute atomic E-state index is 14.8.